The first kappa shape index (κ1) is 34.0. The van der Waals surface area contributed by atoms with E-state index >= 15 is 0 Å². The van der Waals surface area contributed by atoms with Crippen LogP contribution >= 0.6 is 0 Å². The van der Waals surface area contributed by atoms with E-state index in [1.807, 2.05) is 20.8 Å². The Morgan fingerprint density at radius 3 is 2.48 bits per heavy atom. The number of esters is 1. The van der Waals surface area contributed by atoms with Crippen molar-refractivity contribution in [3.8, 4) is 0 Å². The van der Waals surface area contributed by atoms with Crippen LogP contribution in [-0.2, 0) is 19.1 Å². The Balaban J connectivity index is 1.97. The van der Waals surface area contributed by atoms with E-state index in [2.05, 4.69) is 37.4 Å². The van der Waals surface area contributed by atoms with E-state index < -0.39 is 35.5 Å². The number of rotatable bonds is 16. The van der Waals surface area contributed by atoms with Crippen LogP contribution in [0.1, 0.15) is 92.4 Å². The minimum Gasteiger partial charge on any atom is -0.480 e. The van der Waals surface area contributed by atoms with Gasteiger partial charge in [0.15, 0.2) is 0 Å². The number of unbranched alkanes of at least 4 members (excludes halogenated alkanes) is 1. The van der Waals surface area contributed by atoms with Crippen molar-refractivity contribution in [3.63, 3.8) is 0 Å². The summed E-state index contributed by atoms with van der Waals surface area (Å²) in [7, 11) is 0. The van der Waals surface area contributed by atoms with Gasteiger partial charge in [0, 0.05) is 5.92 Å². The number of hydrogen-bond donors (Lipinski definition) is 5. The molecule has 2 rings (SSSR count). The summed E-state index contributed by atoms with van der Waals surface area (Å²) in [6.45, 7) is 10.5. The third kappa shape index (κ3) is 10.00. The molecule has 0 aromatic carbocycles. The summed E-state index contributed by atoms with van der Waals surface area (Å²) in [6, 6.07) is -1.03. The molecule has 1 unspecified atom stereocenters. The Bertz CT molecular complexity index is 915. The summed E-state index contributed by atoms with van der Waals surface area (Å²) in [4.78, 5) is 36.8. The first-order valence-electron chi connectivity index (χ1n) is 15.0. The van der Waals surface area contributed by atoms with Gasteiger partial charge in [-0.15, -0.1) is 0 Å². The largest absolute Gasteiger partial charge is 0.480 e. The number of nitrogens with one attached hydrogen (secondary N) is 1. The lowest BCUT2D eigenvalue weighted by molar-refractivity contribution is -0.164. The highest BCUT2D eigenvalue weighted by Gasteiger charge is 2.42. The quantitative estimate of drug-likeness (QED) is 0.140. The molecule has 0 spiro atoms. The monoisotopic (exact) mass is 564 g/mol. The fourth-order valence-corrected chi connectivity index (χ4v) is 5.78. The van der Waals surface area contributed by atoms with Crippen LogP contribution < -0.4 is 11.1 Å². The predicted octanol–water partition coefficient (Wildman–Crippen LogP) is 3.72. The number of aliphatic hydroxyl groups is 2. The third-order valence-corrected chi connectivity index (χ3v) is 8.67. The lowest BCUT2D eigenvalue weighted by Crippen LogP contribution is -2.43. The van der Waals surface area contributed by atoms with Crippen molar-refractivity contribution in [3.05, 3.63) is 23.8 Å². The summed E-state index contributed by atoms with van der Waals surface area (Å²) in [5, 5.41) is 33.0. The summed E-state index contributed by atoms with van der Waals surface area (Å²) in [6.07, 6.45) is 8.25. The molecule has 9 nitrogen and oxygen atoms in total. The topological polar surface area (TPSA) is 159 Å². The van der Waals surface area contributed by atoms with Gasteiger partial charge in [-0.1, -0.05) is 39.0 Å². The maximum atomic E-state index is 13.0. The number of allylic oxidation sites excluding steroid dienone is 3. The molecule has 9 heteroatoms. The van der Waals surface area contributed by atoms with Gasteiger partial charge in [0.05, 0.1) is 24.0 Å². The Labute approximate surface area is 239 Å². The van der Waals surface area contributed by atoms with Crippen LogP contribution in [-0.4, -0.2) is 64.1 Å². The van der Waals surface area contributed by atoms with Crippen LogP contribution in [0.4, 0.5) is 0 Å². The molecular weight excluding hydrogens is 512 g/mol. The Morgan fingerprint density at radius 2 is 1.85 bits per heavy atom. The van der Waals surface area contributed by atoms with Crippen LogP contribution in [0.3, 0.4) is 0 Å². The Morgan fingerprint density at radius 1 is 1.15 bits per heavy atom. The van der Waals surface area contributed by atoms with Gasteiger partial charge in [0.25, 0.3) is 0 Å². The van der Waals surface area contributed by atoms with Crippen molar-refractivity contribution in [2.24, 2.45) is 34.8 Å². The number of aliphatic carboxylic acids is 1. The van der Waals surface area contributed by atoms with Gasteiger partial charge in [0.1, 0.15) is 12.1 Å². The van der Waals surface area contributed by atoms with Gasteiger partial charge >= 0.3 is 11.9 Å². The molecule has 0 aromatic rings. The lowest BCUT2D eigenvalue weighted by atomic mass is 9.65. The Kier molecular flexibility index (Phi) is 13.3. The van der Waals surface area contributed by atoms with E-state index in [0.29, 0.717) is 44.6 Å². The van der Waals surface area contributed by atoms with E-state index in [1.54, 1.807) is 0 Å². The average Bonchev–Trinajstić information content (AvgIpc) is 2.87. The molecule has 2 aliphatic carbocycles. The predicted molar refractivity (Wildman–Crippen MR) is 154 cm³/mol. The smallest absolute Gasteiger partial charge is 0.326 e. The molecule has 1 amide bonds. The SMILES string of the molecule is CCC(C)(C)C(=O)O[C@H]1C[C@@H](C)C=C2C=C[C@H](C)[C@H](CC[C@@H](O)C[C@@H](O)CC(=O)N[C@@H](CCCCN)C(=O)O)C21. The number of carboxylic acids is 1. The molecule has 0 saturated carbocycles. The molecule has 0 aromatic heterocycles. The highest BCUT2D eigenvalue weighted by atomic mass is 16.5. The van der Waals surface area contributed by atoms with Crippen molar-refractivity contribution in [1.29, 1.82) is 0 Å². The van der Waals surface area contributed by atoms with Gasteiger partial charge in [0.2, 0.25) is 5.91 Å². The fourth-order valence-electron chi connectivity index (χ4n) is 5.78. The van der Waals surface area contributed by atoms with E-state index in [9.17, 15) is 29.7 Å². The molecule has 0 radical (unpaired) electrons. The highest BCUT2D eigenvalue weighted by Crippen LogP contribution is 2.45. The minimum atomic E-state index is -1.12. The molecule has 8 atom stereocenters. The number of carbonyl (C=O) groups is 3. The summed E-state index contributed by atoms with van der Waals surface area (Å²) < 4.78 is 6.15. The molecule has 0 bridgehead atoms. The summed E-state index contributed by atoms with van der Waals surface area (Å²) >= 11 is 0. The second-order valence-corrected chi connectivity index (χ2v) is 12.5. The molecule has 40 heavy (non-hydrogen) atoms. The maximum Gasteiger partial charge on any atom is 0.326 e. The molecule has 0 aliphatic heterocycles. The van der Waals surface area contributed by atoms with Crippen LogP contribution in [0.25, 0.3) is 0 Å². The first-order valence-corrected chi connectivity index (χ1v) is 15.0. The number of ether oxygens (including phenoxy) is 1. The van der Waals surface area contributed by atoms with Crippen molar-refractivity contribution >= 4 is 17.8 Å². The maximum absolute atomic E-state index is 13.0. The molecule has 6 N–H and O–H groups in total. The third-order valence-electron chi connectivity index (χ3n) is 8.67. The number of nitrogens with two attached hydrogens (primary N) is 1. The van der Waals surface area contributed by atoms with Crippen LogP contribution in [0.15, 0.2) is 23.8 Å². The number of carboxylic acid groups (broad SMARTS) is 1. The first-order chi connectivity index (χ1) is 18.8. The molecule has 228 valence electrons. The number of hydrogen-bond acceptors (Lipinski definition) is 7. The van der Waals surface area contributed by atoms with Crippen LogP contribution in [0.5, 0.6) is 0 Å². The van der Waals surface area contributed by atoms with Gasteiger partial charge < -0.3 is 31.1 Å². The Hall–Kier alpha value is -2.23. The van der Waals surface area contributed by atoms with E-state index in [-0.39, 0.29) is 49.1 Å². The molecule has 0 fully saturated rings. The number of amides is 1. The molecule has 2 aliphatic rings. The minimum absolute atomic E-state index is 0.0166. The molecular formula is C31H52N2O7. The second-order valence-electron chi connectivity index (χ2n) is 12.5. The van der Waals surface area contributed by atoms with E-state index in [0.717, 1.165) is 6.42 Å². The summed E-state index contributed by atoms with van der Waals surface area (Å²) in [5.74, 6) is -1.14. The van der Waals surface area contributed by atoms with Crippen molar-refractivity contribution in [1.82, 2.24) is 5.32 Å². The fraction of sp³-hybridized carbons (Fsp3) is 0.774. The summed E-state index contributed by atoms with van der Waals surface area (Å²) in [5.41, 5.74) is 6.08. The number of carbonyl (C=O) groups excluding carboxylic acids is 2. The second kappa shape index (κ2) is 15.7. The zero-order valence-corrected chi connectivity index (χ0v) is 25.0. The van der Waals surface area contributed by atoms with Crippen molar-refractivity contribution in [2.45, 2.75) is 117 Å². The standard InChI is InChI=1S/C31H52N2O7/c1-6-31(4,5)30(39)40-26-16-19(2)15-21-11-10-20(3)24(28(21)26)13-12-22(34)17-23(35)18-27(36)33-25(29(37)38)9-7-8-14-32/h10-11,15,19-20,22-26,28,34-35H,6-9,12-14,16-18,32H2,1-5H3,(H,33,36)(H,37,38)/t19-,20-,22+,23+,24-,25-,26-,28?/m0/s1. The molecule has 0 saturated heterocycles. The van der Waals surface area contributed by atoms with Crippen LogP contribution in [0.2, 0.25) is 0 Å². The lowest BCUT2D eigenvalue weighted by Gasteiger charge is -2.44. The van der Waals surface area contributed by atoms with E-state index in [4.69, 9.17) is 10.5 Å². The van der Waals surface area contributed by atoms with Crippen molar-refractivity contribution < 1.29 is 34.4 Å². The normalized spacial score (nSPS) is 26.7. The van der Waals surface area contributed by atoms with Crippen LogP contribution in [0, 0.1) is 29.1 Å². The van der Waals surface area contributed by atoms with E-state index in [1.165, 1.54) is 5.57 Å². The number of aliphatic hydroxyl groups excluding tert-OH is 2. The highest BCUT2D eigenvalue weighted by molar-refractivity contribution is 5.83. The zero-order valence-electron chi connectivity index (χ0n) is 25.0. The van der Waals surface area contributed by atoms with Gasteiger partial charge in [-0.05, 0) is 95.1 Å². The van der Waals surface area contributed by atoms with Gasteiger partial charge in [-0.2, -0.15) is 0 Å². The van der Waals surface area contributed by atoms with Gasteiger partial charge in [-0.25, -0.2) is 4.79 Å². The molecule has 0 heterocycles. The number of fused-ring (bicyclic) bond motifs is 1. The zero-order chi connectivity index (χ0) is 30.0. The van der Waals surface area contributed by atoms with Crippen molar-refractivity contribution in [2.75, 3.05) is 6.54 Å². The van der Waals surface area contributed by atoms with Gasteiger partial charge in [-0.3, -0.25) is 9.59 Å². The average molecular weight is 565 g/mol.